The molecule has 1 aromatic heterocycles. The summed E-state index contributed by atoms with van der Waals surface area (Å²) in [6.45, 7) is 4.68. The molecule has 0 aromatic carbocycles. The highest BCUT2D eigenvalue weighted by atomic mass is 16.6. The molecule has 6 heteroatoms. The van der Waals surface area contributed by atoms with Crippen LogP contribution in [0.5, 0.6) is 0 Å². The predicted octanol–water partition coefficient (Wildman–Crippen LogP) is 0.428. The van der Waals surface area contributed by atoms with E-state index in [4.69, 9.17) is 15.2 Å². The van der Waals surface area contributed by atoms with Crippen molar-refractivity contribution < 1.29 is 14.3 Å². The van der Waals surface area contributed by atoms with E-state index in [-0.39, 0.29) is 12.1 Å². The van der Waals surface area contributed by atoms with Crippen molar-refractivity contribution in [2.45, 2.75) is 19.6 Å². The van der Waals surface area contributed by atoms with E-state index in [2.05, 4.69) is 9.88 Å². The molecule has 1 aliphatic heterocycles. The topological polar surface area (TPSA) is 77.7 Å². The van der Waals surface area contributed by atoms with Gasteiger partial charge >= 0.3 is 5.97 Å². The summed E-state index contributed by atoms with van der Waals surface area (Å²) in [5.41, 5.74) is 7.64. The molecule has 19 heavy (non-hydrogen) atoms. The van der Waals surface area contributed by atoms with Gasteiger partial charge in [-0.3, -0.25) is 14.7 Å². The van der Waals surface area contributed by atoms with Crippen molar-refractivity contribution in [2.24, 2.45) is 0 Å². The summed E-state index contributed by atoms with van der Waals surface area (Å²) in [5, 5.41) is 0. The molecule has 2 N–H and O–H groups in total. The van der Waals surface area contributed by atoms with Crippen LogP contribution in [0.15, 0.2) is 18.5 Å². The predicted molar refractivity (Wildman–Crippen MR) is 70.3 cm³/mol. The third-order valence-corrected chi connectivity index (χ3v) is 3.04. The van der Waals surface area contributed by atoms with Crippen molar-refractivity contribution in [3.8, 4) is 0 Å². The number of nitrogens with two attached hydrogens (primary N) is 1. The SMILES string of the molecule is CC(=O)OCC1CN(Cc2ccncc2N)CCO1. The fourth-order valence-electron chi connectivity index (χ4n) is 2.06. The van der Waals surface area contributed by atoms with E-state index in [1.807, 2.05) is 6.07 Å². The van der Waals surface area contributed by atoms with Gasteiger partial charge < -0.3 is 15.2 Å². The number of esters is 1. The van der Waals surface area contributed by atoms with Gasteiger partial charge in [0, 0.05) is 32.8 Å². The lowest BCUT2D eigenvalue weighted by Crippen LogP contribution is -2.44. The molecule has 1 aromatic rings. The summed E-state index contributed by atoms with van der Waals surface area (Å²) in [7, 11) is 0. The minimum Gasteiger partial charge on any atom is -0.463 e. The second-order valence-corrected chi connectivity index (χ2v) is 4.60. The average Bonchev–Trinajstić information content (AvgIpc) is 2.40. The summed E-state index contributed by atoms with van der Waals surface area (Å²) < 4.78 is 10.5. The van der Waals surface area contributed by atoms with Gasteiger partial charge in [-0.15, -0.1) is 0 Å². The first-order chi connectivity index (χ1) is 9.15. The van der Waals surface area contributed by atoms with E-state index in [1.165, 1.54) is 6.92 Å². The molecule has 1 fully saturated rings. The van der Waals surface area contributed by atoms with Crippen molar-refractivity contribution >= 4 is 11.7 Å². The zero-order chi connectivity index (χ0) is 13.7. The van der Waals surface area contributed by atoms with Crippen LogP contribution in [0.4, 0.5) is 5.69 Å². The molecule has 2 rings (SSSR count). The van der Waals surface area contributed by atoms with Gasteiger partial charge in [0.15, 0.2) is 0 Å². The molecule has 6 nitrogen and oxygen atoms in total. The number of carbonyl (C=O) groups excluding carboxylic acids is 1. The van der Waals surface area contributed by atoms with Crippen LogP contribution in [0.1, 0.15) is 12.5 Å². The van der Waals surface area contributed by atoms with E-state index in [1.54, 1.807) is 12.4 Å². The zero-order valence-corrected chi connectivity index (χ0v) is 11.0. The number of rotatable bonds is 4. The number of aromatic nitrogens is 1. The molecule has 1 aliphatic rings. The van der Waals surface area contributed by atoms with Crippen LogP contribution in [-0.2, 0) is 20.8 Å². The molecule has 0 spiro atoms. The van der Waals surface area contributed by atoms with Crippen molar-refractivity contribution in [2.75, 3.05) is 32.0 Å². The number of hydrogen-bond donors (Lipinski definition) is 1. The molecular formula is C13H19N3O3. The van der Waals surface area contributed by atoms with Gasteiger partial charge in [-0.25, -0.2) is 0 Å². The number of pyridine rings is 1. The Morgan fingerprint density at radius 1 is 1.68 bits per heavy atom. The Labute approximate surface area is 112 Å². The quantitative estimate of drug-likeness (QED) is 0.795. The van der Waals surface area contributed by atoms with Crippen molar-refractivity contribution in [3.05, 3.63) is 24.0 Å². The standard InChI is InChI=1S/C13H19N3O3/c1-10(17)19-9-12-8-16(4-5-18-12)7-11-2-3-15-6-13(11)14/h2-3,6,12H,4-5,7-9,14H2,1H3. The molecule has 0 amide bonds. The first-order valence-electron chi connectivity index (χ1n) is 6.31. The zero-order valence-electron chi connectivity index (χ0n) is 11.0. The minimum absolute atomic E-state index is 0.0688. The maximum Gasteiger partial charge on any atom is 0.302 e. The fourth-order valence-corrected chi connectivity index (χ4v) is 2.06. The number of nitrogens with zero attached hydrogens (tertiary/aromatic N) is 2. The van der Waals surface area contributed by atoms with Gasteiger partial charge in [-0.1, -0.05) is 0 Å². The number of carbonyl (C=O) groups is 1. The molecule has 0 bridgehead atoms. The molecule has 1 atom stereocenters. The number of ether oxygens (including phenoxy) is 2. The van der Waals surface area contributed by atoms with Gasteiger partial charge in [0.05, 0.1) is 18.5 Å². The molecule has 0 aliphatic carbocycles. The van der Waals surface area contributed by atoms with Crippen molar-refractivity contribution in [3.63, 3.8) is 0 Å². The highest BCUT2D eigenvalue weighted by molar-refractivity contribution is 5.65. The van der Waals surface area contributed by atoms with Crippen LogP contribution in [0.25, 0.3) is 0 Å². The largest absolute Gasteiger partial charge is 0.463 e. The highest BCUT2D eigenvalue weighted by Gasteiger charge is 2.21. The smallest absolute Gasteiger partial charge is 0.302 e. The van der Waals surface area contributed by atoms with Crippen LogP contribution < -0.4 is 5.73 Å². The maximum absolute atomic E-state index is 10.8. The summed E-state index contributed by atoms with van der Waals surface area (Å²) in [6, 6.07) is 1.92. The number of nitrogen functional groups attached to an aromatic ring is 1. The summed E-state index contributed by atoms with van der Waals surface area (Å²) >= 11 is 0. The molecule has 104 valence electrons. The first-order valence-corrected chi connectivity index (χ1v) is 6.31. The number of anilines is 1. The fraction of sp³-hybridized carbons (Fsp3) is 0.538. The van der Waals surface area contributed by atoms with E-state index >= 15 is 0 Å². The van der Waals surface area contributed by atoms with Crippen LogP contribution in [0.3, 0.4) is 0 Å². The monoisotopic (exact) mass is 265 g/mol. The van der Waals surface area contributed by atoms with Gasteiger partial charge in [0.25, 0.3) is 0 Å². The molecule has 1 saturated heterocycles. The Morgan fingerprint density at radius 2 is 2.53 bits per heavy atom. The van der Waals surface area contributed by atoms with Crippen LogP contribution >= 0.6 is 0 Å². The molecule has 2 heterocycles. The normalized spacial score (nSPS) is 20.2. The molecule has 0 radical (unpaired) electrons. The van der Waals surface area contributed by atoms with Gasteiger partial charge in [0.2, 0.25) is 0 Å². The average molecular weight is 265 g/mol. The van der Waals surface area contributed by atoms with Gasteiger partial charge in [0.1, 0.15) is 12.7 Å². The molecular weight excluding hydrogens is 246 g/mol. The first kappa shape index (κ1) is 13.8. The Morgan fingerprint density at radius 3 is 3.26 bits per heavy atom. The lowest BCUT2D eigenvalue weighted by molar-refractivity contribution is -0.148. The summed E-state index contributed by atoms with van der Waals surface area (Å²) in [5.74, 6) is -0.279. The van der Waals surface area contributed by atoms with E-state index in [0.717, 1.165) is 25.2 Å². The Kier molecular flexibility index (Phi) is 4.70. The third kappa shape index (κ3) is 4.18. The maximum atomic E-state index is 10.8. The van der Waals surface area contributed by atoms with E-state index < -0.39 is 0 Å². The van der Waals surface area contributed by atoms with Crippen molar-refractivity contribution in [1.29, 1.82) is 0 Å². The number of hydrogen-bond acceptors (Lipinski definition) is 6. The van der Waals surface area contributed by atoms with Crippen LogP contribution in [0.2, 0.25) is 0 Å². The van der Waals surface area contributed by atoms with Crippen LogP contribution in [0, 0.1) is 0 Å². The Balaban J connectivity index is 1.87. The highest BCUT2D eigenvalue weighted by Crippen LogP contribution is 2.15. The van der Waals surface area contributed by atoms with E-state index in [0.29, 0.717) is 18.9 Å². The molecule has 1 unspecified atom stereocenters. The van der Waals surface area contributed by atoms with Crippen LogP contribution in [-0.4, -0.2) is 48.3 Å². The Bertz CT molecular complexity index is 439. The van der Waals surface area contributed by atoms with E-state index in [9.17, 15) is 4.79 Å². The second-order valence-electron chi connectivity index (χ2n) is 4.60. The van der Waals surface area contributed by atoms with Gasteiger partial charge in [-0.2, -0.15) is 0 Å². The summed E-state index contributed by atoms with van der Waals surface area (Å²) in [6.07, 6.45) is 3.33. The molecule has 0 saturated carbocycles. The summed E-state index contributed by atoms with van der Waals surface area (Å²) in [4.78, 5) is 17.0. The van der Waals surface area contributed by atoms with Gasteiger partial charge in [-0.05, 0) is 11.6 Å². The second kappa shape index (κ2) is 6.49. The lowest BCUT2D eigenvalue weighted by atomic mass is 10.2. The van der Waals surface area contributed by atoms with Crippen molar-refractivity contribution in [1.82, 2.24) is 9.88 Å². The minimum atomic E-state index is -0.279. The Hall–Kier alpha value is -1.66. The lowest BCUT2D eigenvalue weighted by Gasteiger charge is -2.32. The third-order valence-electron chi connectivity index (χ3n) is 3.04. The number of morpholine rings is 1.